The molecule has 2 N–H and O–H groups in total. The molecular weight excluding hydrogens is 162 g/mol. The smallest absolute Gasteiger partial charge is 0.0797 e. The lowest BCUT2D eigenvalue weighted by atomic mass is 9.86. The van der Waals surface area contributed by atoms with E-state index in [1.54, 1.807) is 0 Å². The second-order valence-electron chi connectivity index (χ2n) is 3.88. The molecule has 0 aliphatic carbocycles. The minimum absolute atomic E-state index is 0.206. The van der Waals surface area contributed by atoms with Gasteiger partial charge in [-0.15, -0.1) is 0 Å². The molecule has 0 aromatic heterocycles. The van der Waals surface area contributed by atoms with Crippen molar-refractivity contribution in [3.8, 4) is 0 Å². The van der Waals surface area contributed by atoms with Crippen LogP contribution in [-0.4, -0.2) is 23.3 Å². The fourth-order valence-electron chi connectivity index (χ4n) is 1.92. The Balaban J connectivity index is 4.18. The van der Waals surface area contributed by atoms with E-state index in [1.807, 2.05) is 0 Å². The first-order chi connectivity index (χ1) is 6.10. The molecule has 1 atom stereocenters. The molecule has 0 saturated heterocycles. The van der Waals surface area contributed by atoms with Gasteiger partial charge in [0.05, 0.1) is 5.60 Å². The number of hydrogen-bond donors (Lipinski definition) is 2. The highest BCUT2D eigenvalue weighted by molar-refractivity contribution is 4.87. The van der Waals surface area contributed by atoms with Crippen LogP contribution in [-0.2, 0) is 0 Å². The summed E-state index contributed by atoms with van der Waals surface area (Å²) in [6.07, 6.45) is 3.89. The van der Waals surface area contributed by atoms with E-state index in [0.29, 0.717) is 0 Å². The summed E-state index contributed by atoms with van der Waals surface area (Å²) in [4.78, 5) is 0. The predicted octanol–water partition coefficient (Wildman–Crippen LogP) is 2.32. The molecule has 2 nitrogen and oxygen atoms in total. The molecule has 0 heterocycles. The van der Waals surface area contributed by atoms with Crippen molar-refractivity contribution in [2.75, 3.05) is 6.54 Å². The largest absolute Gasteiger partial charge is 0.388 e. The predicted molar refractivity (Wildman–Crippen MR) is 57.9 cm³/mol. The zero-order chi connectivity index (χ0) is 10.3. The molecule has 0 amide bonds. The number of likely N-dealkylation sites (N-methyl/N-ethyl adjacent to an activating group) is 1. The van der Waals surface area contributed by atoms with E-state index in [1.165, 1.54) is 0 Å². The third-order valence-corrected chi connectivity index (χ3v) is 2.68. The molecular formula is C11H25NO. The van der Waals surface area contributed by atoms with E-state index in [4.69, 9.17) is 0 Å². The molecule has 13 heavy (non-hydrogen) atoms. The highest BCUT2D eigenvalue weighted by Crippen LogP contribution is 2.23. The van der Waals surface area contributed by atoms with Gasteiger partial charge in [-0.1, -0.05) is 33.6 Å². The Hall–Kier alpha value is -0.0800. The first-order valence-corrected chi connectivity index (χ1v) is 5.56. The van der Waals surface area contributed by atoms with E-state index in [9.17, 15) is 5.11 Å². The van der Waals surface area contributed by atoms with Crippen molar-refractivity contribution in [2.24, 2.45) is 0 Å². The lowest BCUT2D eigenvalue weighted by Crippen LogP contribution is -2.48. The lowest BCUT2D eigenvalue weighted by Gasteiger charge is -2.34. The molecule has 0 aromatic carbocycles. The van der Waals surface area contributed by atoms with E-state index in [2.05, 4.69) is 33.0 Å². The standard InChI is InChI=1S/C11H25NO/c1-5-8-11(13,9-6-2)10(4)12-7-3/h10,12-13H,5-9H2,1-4H3. The van der Waals surface area contributed by atoms with Gasteiger partial charge in [0.2, 0.25) is 0 Å². The second-order valence-corrected chi connectivity index (χ2v) is 3.88. The molecule has 0 bridgehead atoms. The third kappa shape index (κ3) is 4.10. The van der Waals surface area contributed by atoms with Gasteiger partial charge >= 0.3 is 0 Å². The van der Waals surface area contributed by atoms with Crippen molar-refractivity contribution in [3.63, 3.8) is 0 Å². The minimum atomic E-state index is -0.500. The summed E-state index contributed by atoms with van der Waals surface area (Å²) in [7, 11) is 0. The Morgan fingerprint density at radius 1 is 1.15 bits per heavy atom. The van der Waals surface area contributed by atoms with E-state index in [0.717, 1.165) is 32.2 Å². The molecule has 2 heteroatoms. The summed E-state index contributed by atoms with van der Waals surface area (Å²) in [6.45, 7) is 9.33. The van der Waals surface area contributed by atoms with Gasteiger partial charge in [-0.05, 0) is 26.3 Å². The normalized spacial score (nSPS) is 14.5. The lowest BCUT2D eigenvalue weighted by molar-refractivity contribution is -0.00938. The quantitative estimate of drug-likeness (QED) is 0.641. The molecule has 0 rings (SSSR count). The maximum absolute atomic E-state index is 10.3. The summed E-state index contributed by atoms with van der Waals surface area (Å²) >= 11 is 0. The first-order valence-electron chi connectivity index (χ1n) is 5.56. The van der Waals surface area contributed by atoms with Gasteiger partial charge < -0.3 is 10.4 Å². The Morgan fingerprint density at radius 2 is 1.62 bits per heavy atom. The van der Waals surface area contributed by atoms with Gasteiger partial charge in [0.25, 0.3) is 0 Å². The van der Waals surface area contributed by atoms with Gasteiger partial charge in [0, 0.05) is 6.04 Å². The van der Waals surface area contributed by atoms with Crippen LogP contribution in [0.2, 0.25) is 0 Å². The summed E-state index contributed by atoms with van der Waals surface area (Å²) in [5, 5.41) is 13.7. The van der Waals surface area contributed by atoms with Crippen LogP contribution in [0, 0.1) is 0 Å². The SMILES string of the molecule is CCCC(O)(CCC)C(C)NCC. The van der Waals surface area contributed by atoms with Crippen LogP contribution in [0.5, 0.6) is 0 Å². The van der Waals surface area contributed by atoms with Crippen molar-refractivity contribution < 1.29 is 5.11 Å². The summed E-state index contributed by atoms with van der Waals surface area (Å²) in [5.74, 6) is 0. The van der Waals surface area contributed by atoms with Crippen LogP contribution in [0.15, 0.2) is 0 Å². The van der Waals surface area contributed by atoms with E-state index >= 15 is 0 Å². The molecule has 0 fully saturated rings. The molecule has 0 saturated carbocycles. The van der Waals surface area contributed by atoms with Crippen LogP contribution in [0.1, 0.15) is 53.4 Å². The molecule has 0 aromatic rings. The van der Waals surface area contributed by atoms with E-state index < -0.39 is 5.60 Å². The van der Waals surface area contributed by atoms with Crippen LogP contribution < -0.4 is 5.32 Å². The highest BCUT2D eigenvalue weighted by atomic mass is 16.3. The summed E-state index contributed by atoms with van der Waals surface area (Å²) in [5.41, 5.74) is -0.500. The highest BCUT2D eigenvalue weighted by Gasteiger charge is 2.30. The van der Waals surface area contributed by atoms with E-state index in [-0.39, 0.29) is 6.04 Å². The minimum Gasteiger partial charge on any atom is -0.388 e. The van der Waals surface area contributed by atoms with Gasteiger partial charge in [-0.3, -0.25) is 0 Å². The average Bonchev–Trinajstić information content (AvgIpc) is 2.05. The fraction of sp³-hybridized carbons (Fsp3) is 1.00. The first kappa shape index (κ1) is 12.9. The van der Waals surface area contributed by atoms with Gasteiger partial charge in [0.15, 0.2) is 0 Å². The number of nitrogens with one attached hydrogen (secondary N) is 1. The molecule has 0 aliphatic rings. The second kappa shape index (κ2) is 6.39. The molecule has 0 spiro atoms. The Labute approximate surface area is 82.7 Å². The number of rotatable bonds is 7. The van der Waals surface area contributed by atoms with Crippen molar-refractivity contribution in [2.45, 2.75) is 65.0 Å². The van der Waals surface area contributed by atoms with Gasteiger partial charge in [-0.25, -0.2) is 0 Å². The zero-order valence-electron chi connectivity index (χ0n) is 9.56. The summed E-state index contributed by atoms with van der Waals surface area (Å²) in [6, 6.07) is 0.206. The van der Waals surface area contributed by atoms with Gasteiger partial charge in [-0.2, -0.15) is 0 Å². The maximum atomic E-state index is 10.3. The molecule has 80 valence electrons. The molecule has 0 aliphatic heterocycles. The van der Waals surface area contributed by atoms with Crippen molar-refractivity contribution >= 4 is 0 Å². The maximum Gasteiger partial charge on any atom is 0.0797 e. The fourth-order valence-corrected chi connectivity index (χ4v) is 1.92. The third-order valence-electron chi connectivity index (χ3n) is 2.68. The van der Waals surface area contributed by atoms with Crippen molar-refractivity contribution in [1.82, 2.24) is 5.32 Å². The van der Waals surface area contributed by atoms with Crippen LogP contribution in [0.25, 0.3) is 0 Å². The average molecular weight is 187 g/mol. The van der Waals surface area contributed by atoms with Crippen molar-refractivity contribution in [3.05, 3.63) is 0 Å². The van der Waals surface area contributed by atoms with Gasteiger partial charge in [0.1, 0.15) is 0 Å². The van der Waals surface area contributed by atoms with Crippen molar-refractivity contribution in [1.29, 1.82) is 0 Å². The summed E-state index contributed by atoms with van der Waals surface area (Å²) < 4.78 is 0. The zero-order valence-corrected chi connectivity index (χ0v) is 9.56. The number of hydrogen-bond acceptors (Lipinski definition) is 2. The van der Waals surface area contributed by atoms with Crippen LogP contribution >= 0.6 is 0 Å². The Kier molecular flexibility index (Phi) is 6.35. The molecule has 1 unspecified atom stereocenters. The Morgan fingerprint density at radius 3 is 1.92 bits per heavy atom. The topological polar surface area (TPSA) is 32.3 Å². The van der Waals surface area contributed by atoms with Crippen LogP contribution in [0.4, 0.5) is 0 Å². The van der Waals surface area contributed by atoms with Crippen LogP contribution in [0.3, 0.4) is 0 Å². The monoisotopic (exact) mass is 187 g/mol. The number of aliphatic hydroxyl groups is 1. The Bertz CT molecular complexity index is 119. The molecule has 0 radical (unpaired) electrons.